The maximum absolute atomic E-state index is 12.4. The van der Waals surface area contributed by atoms with Gasteiger partial charge in [0.2, 0.25) is 11.8 Å². The van der Waals surface area contributed by atoms with Crippen molar-refractivity contribution in [2.24, 2.45) is 5.92 Å². The topological polar surface area (TPSA) is 91.4 Å². The minimum absolute atomic E-state index is 0.00641. The molecule has 7 heteroatoms. The zero-order chi connectivity index (χ0) is 20.3. The van der Waals surface area contributed by atoms with Crippen molar-refractivity contribution >= 4 is 29.2 Å². The van der Waals surface area contributed by atoms with E-state index in [1.165, 1.54) is 0 Å². The molecular formula is C21H24N4O3. The summed E-state index contributed by atoms with van der Waals surface area (Å²) in [7, 11) is 0. The Labute approximate surface area is 164 Å². The fraction of sp³-hybridized carbons (Fsp3) is 0.333. The van der Waals surface area contributed by atoms with Gasteiger partial charge in [-0.3, -0.25) is 14.4 Å². The van der Waals surface area contributed by atoms with Gasteiger partial charge in [-0.05, 0) is 62.7 Å². The molecule has 0 radical (unpaired) electrons. The standard InChI is InChI=1S/C21H24N4O3/c1-13(2)25-12-16(11-19(25)26)21(28)23-17-6-4-15(5-7-17)20(27)24-18-10-14(3)8-9-22-18/h4-10,13,16H,11-12H2,1-3H3,(H,23,28)(H,22,24,27)/t16-/m0/s1. The normalized spacial score (nSPS) is 16.4. The molecule has 146 valence electrons. The van der Waals surface area contributed by atoms with Gasteiger partial charge in [-0.1, -0.05) is 0 Å². The molecule has 0 aliphatic carbocycles. The SMILES string of the molecule is Cc1ccnc(NC(=O)c2ccc(NC(=O)[C@H]3CC(=O)N(C(C)C)C3)cc2)c1. The van der Waals surface area contributed by atoms with Crippen molar-refractivity contribution in [1.82, 2.24) is 9.88 Å². The molecule has 2 heterocycles. The lowest BCUT2D eigenvalue weighted by atomic mass is 10.1. The van der Waals surface area contributed by atoms with Gasteiger partial charge in [-0.2, -0.15) is 0 Å². The van der Waals surface area contributed by atoms with Gasteiger partial charge in [-0.25, -0.2) is 4.98 Å². The highest BCUT2D eigenvalue weighted by Crippen LogP contribution is 2.22. The van der Waals surface area contributed by atoms with E-state index in [-0.39, 0.29) is 36.1 Å². The van der Waals surface area contributed by atoms with E-state index in [0.29, 0.717) is 23.6 Å². The summed E-state index contributed by atoms with van der Waals surface area (Å²) < 4.78 is 0. The molecule has 1 aliphatic rings. The van der Waals surface area contributed by atoms with E-state index >= 15 is 0 Å². The molecule has 3 rings (SSSR count). The van der Waals surface area contributed by atoms with Crippen LogP contribution in [0.15, 0.2) is 42.6 Å². The van der Waals surface area contributed by atoms with Gasteiger partial charge in [-0.15, -0.1) is 0 Å². The third kappa shape index (κ3) is 4.54. The number of nitrogens with one attached hydrogen (secondary N) is 2. The first kappa shape index (κ1) is 19.5. The lowest BCUT2D eigenvalue weighted by Crippen LogP contribution is -2.33. The van der Waals surface area contributed by atoms with Crippen LogP contribution >= 0.6 is 0 Å². The summed E-state index contributed by atoms with van der Waals surface area (Å²) in [4.78, 5) is 42.6. The van der Waals surface area contributed by atoms with Crippen LogP contribution < -0.4 is 10.6 Å². The highest BCUT2D eigenvalue weighted by atomic mass is 16.2. The van der Waals surface area contributed by atoms with E-state index in [0.717, 1.165) is 5.56 Å². The van der Waals surface area contributed by atoms with Crippen molar-refractivity contribution in [3.63, 3.8) is 0 Å². The summed E-state index contributed by atoms with van der Waals surface area (Å²) in [5.41, 5.74) is 2.05. The molecule has 1 saturated heterocycles. The molecule has 1 aromatic carbocycles. The number of nitrogens with zero attached hydrogens (tertiary/aromatic N) is 2. The number of carbonyl (C=O) groups is 3. The molecule has 0 bridgehead atoms. The third-order valence-electron chi connectivity index (χ3n) is 4.72. The second kappa shape index (κ2) is 8.21. The van der Waals surface area contributed by atoms with Crippen LogP contribution in [0.1, 0.15) is 36.2 Å². The Kier molecular flexibility index (Phi) is 5.73. The van der Waals surface area contributed by atoms with Crippen LogP contribution in [0.3, 0.4) is 0 Å². The lowest BCUT2D eigenvalue weighted by molar-refractivity contribution is -0.129. The number of benzene rings is 1. The first-order valence-electron chi connectivity index (χ1n) is 9.28. The Morgan fingerprint density at radius 1 is 1.14 bits per heavy atom. The number of aromatic nitrogens is 1. The van der Waals surface area contributed by atoms with E-state index < -0.39 is 0 Å². The minimum Gasteiger partial charge on any atom is -0.339 e. The molecule has 3 amide bonds. The van der Waals surface area contributed by atoms with Gasteiger partial charge < -0.3 is 15.5 Å². The van der Waals surface area contributed by atoms with Gasteiger partial charge in [0.25, 0.3) is 5.91 Å². The van der Waals surface area contributed by atoms with Crippen molar-refractivity contribution in [2.75, 3.05) is 17.2 Å². The largest absolute Gasteiger partial charge is 0.339 e. The summed E-state index contributed by atoms with van der Waals surface area (Å²) in [6, 6.07) is 10.4. The zero-order valence-corrected chi connectivity index (χ0v) is 16.2. The van der Waals surface area contributed by atoms with Gasteiger partial charge in [0.05, 0.1) is 5.92 Å². The fourth-order valence-corrected chi connectivity index (χ4v) is 3.15. The smallest absolute Gasteiger partial charge is 0.256 e. The number of carbonyl (C=O) groups excluding carboxylic acids is 3. The molecule has 1 aliphatic heterocycles. The average Bonchev–Trinajstić information content (AvgIpc) is 3.04. The van der Waals surface area contributed by atoms with Crippen LogP contribution in [-0.4, -0.2) is 40.2 Å². The van der Waals surface area contributed by atoms with E-state index in [2.05, 4.69) is 15.6 Å². The summed E-state index contributed by atoms with van der Waals surface area (Å²) in [6.45, 7) is 6.24. The van der Waals surface area contributed by atoms with E-state index in [4.69, 9.17) is 0 Å². The quantitative estimate of drug-likeness (QED) is 0.834. The van der Waals surface area contributed by atoms with Gasteiger partial charge in [0, 0.05) is 36.5 Å². The number of aryl methyl sites for hydroxylation is 1. The van der Waals surface area contributed by atoms with Crippen LogP contribution in [0.5, 0.6) is 0 Å². The Morgan fingerprint density at radius 3 is 2.46 bits per heavy atom. The Morgan fingerprint density at radius 2 is 1.86 bits per heavy atom. The van der Waals surface area contributed by atoms with Crippen molar-refractivity contribution in [3.8, 4) is 0 Å². The van der Waals surface area contributed by atoms with Gasteiger partial charge in [0.1, 0.15) is 5.82 Å². The first-order chi connectivity index (χ1) is 13.3. The maximum atomic E-state index is 12.4. The van der Waals surface area contributed by atoms with Crippen LogP contribution in [0.2, 0.25) is 0 Å². The van der Waals surface area contributed by atoms with Crippen molar-refractivity contribution in [3.05, 3.63) is 53.7 Å². The summed E-state index contributed by atoms with van der Waals surface area (Å²) >= 11 is 0. The zero-order valence-electron chi connectivity index (χ0n) is 16.2. The molecule has 1 aromatic heterocycles. The number of anilines is 2. The predicted molar refractivity (Wildman–Crippen MR) is 107 cm³/mol. The van der Waals surface area contributed by atoms with E-state index in [9.17, 15) is 14.4 Å². The van der Waals surface area contributed by atoms with E-state index in [1.807, 2.05) is 26.8 Å². The number of rotatable bonds is 5. The van der Waals surface area contributed by atoms with Crippen LogP contribution in [0.4, 0.5) is 11.5 Å². The summed E-state index contributed by atoms with van der Waals surface area (Å²) in [6.07, 6.45) is 1.87. The predicted octanol–water partition coefficient (Wildman–Crippen LogP) is 2.84. The van der Waals surface area contributed by atoms with Crippen LogP contribution in [0.25, 0.3) is 0 Å². The van der Waals surface area contributed by atoms with Crippen molar-refractivity contribution in [2.45, 2.75) is 33.2 Å². The van der Waals surface area contributed by atoms with Crippen LogP contribution in [0, 0.1) is 12.8 Å². The van der Waals surface area contributed by atoms with Crippen molar-refractivity contribution < 1.29 is 14.4 Å². The summed E-state index contributed by atoms with van der Waals surface area (Å²) in [5, 5.41) is 5.57. The molecular weight excluding hydrogens is 356 g/mol. The Bertz CT molecular complexity index is 893. The molecule has 28 heavy (non-hydrogen) atoms. The molecule has 2 N–H and O–H groups in total. The number of pyridine rings is 1. The average molecular weight is 380 g/mol. The number of hydrogen-bond acceptors (Lipinski definition) is 4. The molecule has 0 spiro atoms. The lowest BCUT2D eigenvalue weighted by Gasteiger charge is -2.20. The molecule has 7 nitrogen and oxygen atoms in total. The van der Waals surface area contributed by atoms with Crippen LogP contribution in [-0.2, 0) is 9.59 Å². The highest BCUT2D eigenvalue weighted by molar-refractivity contribution is 6.04. The Hall–Kier alpha value is -3.22. The number of amides is 3. The monoisotopic (exact) mass is 380 g/mol. The molecule has 1 fully saturated rings. The fourth-order valence-electron chi connectivity index (χ4n) is 3.15. The molecule has 0 saturated carbocycles. The highest BCUT2D eigenvalue weighted by Gasteiger charge is 2.35. The third-order valence-corrected chi connectivity index (χ3v) is 4.72. The van der Waals surface area contributed by atoms with E-state index in [1.54, 1.807) is 41.4 Å². The molecule has 1 atom stereocenters. The molecule has 0 unspecified atom stereocenters. The second-order valence-corrected chi connectivity index (χ2v) is 7.28. The van der Waals surface area contributed by atoms with Crippen molar-refractivity contribution in [1.29, 1.82) is 0 Å². The van der Waals surface area contributed by atoms with Gasteiger partial charge >= 0.3 is 0 Å². The van der Waals surface area contributed by atoms with Gasteiger partial charge in [0.15, 0.2) is 0 Å². The first-order valence-corrected chi connectivity index (χ1v) is 9.28. The minimum atomic E-state index is -0.356. The number of hydrogen-bond donors (Lipinski definition) is 2. The number of likely N-dealkylation sites (tertiary alicyclic amines) is 1. The second-order valence-electron chi connectivity index (χ2n) is 7.28. The maximum Gasteiger partial charge on any atom is 0.256 e. The molecule has 2 aromatic rings. The summed E-state index contributed by atoms with van der Waals surface area (Å²) in [5.74, 6) is -0.317. The Balaban J connectivity index is 1.59.